The fourth-order valence-electron chi connectivity index (χ4n) is 3.25. The summed E-state index contributed by atoms with van der Waals surface area (Å²) in [5.41, 5.74) is 4.25. The van der Waals surface area contributed by atoms with Gasteiger partial charge in [-0.05, 0) is 55.3 Å². The Morgan fingerprint density at radius 3 is 2.47 bits per heavy atom. The zero-order chi connectivity index (χ0) is 21.1. The fraction of sp³-hybridized carbons (Fsp3) is 0.125. The van der Waals surface area contributed by atoms with Gasteiger partial charge in [-0.1, -0.05) is 35.9 Å². The predicted molar refractivity (Wildman–Crippen MR) is 117 cm³/mol. The summed E-state index contributed by atoms with van der Waals surface area (Å²) in [4.78, 5) is 0. The molecule has 0 fully saturated rings. The minimum absolute atomic E-state index is 0.0566. The van der Waals surface area contributed by atoms with E-state index in [0.29, 0.717) is 40.1 Å². The van der Waals surface area contributed by atoms with Crippen molar-refractivity contribution in [1.82, 2.24) is 10.2 Å². The van der Waals surface area contributed by atoms with Crippen LogP contribution < -0.4 is 9.47 Å². The summed E-state index contributed by atoms with van der Waals surface area (Å²) in [5.74, 6) is 1.84. The van der Waals surface area contributed by atoms with Crippen molar-refractivity contribution in [3.63, 3.8) is 0 Å². The molecule has 1 heterocycles. The molecule has 0 aliphatic heterocycles. The third kappa shape index (κ3) is 4.42. The molecule has 0 amide bonds. The molecule has 0 atom stereocenters. The number of aromatic nitrogens is 2. The highest BCUT2D eigenvalue weighted by molar-refractivity contribution is 6.31. The van der Waals surface area contributed by atoms with Gasteiger partial charge in [0.25, 0.3) is 0 Å². The molecule has 1 aromatic heterocycles. The Labute approximate surface area is 179 Å². The van der Waals surface area contributed by atoms with Crippen LogP contribution in [-0.4, -0.2) is 15.3 Å². The number of nitrogens with zero attached hydrogens (tertiary/aromatic N) is 1. The molecule has 152 valence electrons. The van der Waals surface area contributed by atoms with Crippen LogP contribution in [0.25, 0.3) is 11.3 Å². The normalized spacial score (nSPS) is 10.8. The molecule has 5 nitrogen and oxygen atoms in total. The first kappa shape index (κ1) is 19.9. The van der Waals surface area contributed by atoms with Crippen molar-refractivity contribution in [2.24, 2.45) is 0 Å². The highest BCUT2D eigenvalue weighted by Gasteiger charge is 2.15. The van der Waals surface area contributed by atoms with Gasteiger partial charge in [-0.25, -0.2) is 0 Å². The highest BCUT2D eigenvalue weighted by atomic mass is 35.5. The topological polar surface area (TPSA) is 67.4 Å². The number of halogens is 1. The van der Waals surface area contributed by atoms with E-state index in [1.54, 1.807) is 24.4 Å². The van der Waals surface area contributed by atoms with Crippen LogP contribution in [-0.2, 0) is 6.61 Å². The summed E-state index contributed by atoms with van der Waals surface area (Å²) < 4.78 is 11.8. The lowest BCUT2D eigenvalue weighted by Gasteiger charge is -2.11. The van der Waals surface area contributed by atoms with E-state index in [0.717, 1.165) is 16.7 Å². The maximum atomic E-state index is 10.6. The molecule has 6 heteroatoms. The van der Waals surface area contributed by atoms with Crippen molar-refractivity contribution in [2.45, 2.75) is 20.5 Å². The van der Waals surface area contributed by atoms with Crippen molar-refractivity contribution < 1.29 is 14.6 Å². The monoisotopic (exact) mass is 420 g/mol. The quantitative estimate of drug-likeness (QED) is 0.377. The van der Waals surface area contributed by atoms with Gasteiger partial charge >= 0.3 is 0 Å². The molecule has 4 rings (SSSR count). The molecule has 4 aromatic rings. The SMILES string of the molecule is Cc1cc(C)cc(Oc2cn[nH]c2-c2ccc(OCc3ccccc3Cl)cc2O)c1. The number of rotatable bonds is 6. The Morgan fingerprint density at radius 1 is 0.967 bits per heavy atom. The second-order valence-corrected chi connectivity index (χ2v) is 7.50. The van der Waals surface area contributed by atoms with E-state index in [9.17, 15) is 5.11 Å². The number of hydrogen-bond acceptors (Lipinski definition) is 4. The number of benzene rings is 3. The molecular formula is C24H21ClN2O3. The van der Waals surface area contributed by atoms with E-state index >= 15 is 0 Å². The van der Waals surface area contributed by atoms with E-state index in [1.807, 2.05) is 50.2 Å². The molecule has 0 aliphatic rings. The van der Waals surface area contributed by atoms with Crippen LogP contribution in [0.4, 0.5) is 0 Å². The fourth-order valence-corrected chi connectivity index (χ4v) is 3.44. The van der Waals surface area contributed by atoms with E-state index in [-0.39, 0.29) is 5.75 Å². The molecule has 0 saturated carbocycles. The van der Waals surface area contributed by atoms with Gasteiger partial charge in [-0.3, -0.25) is 5.10 Å². The number of aromatic amines is 1. The van der Waals surface area contributed by atoms with Crippen molar-refractivity contribution >= 4 is 11.6 Å². The average Bonchev–Trinajstić information content (AvgIpc) is 3.14. The number of phenols is 1. The average molecular weight is 421 g/mol. The molecule has 0 bridgehead atoms. The summed E-state index contributed by atoms with van der Waals surface area (Å²) in [6.45, 7) is 4.34. The van der Waals surface area contributed by atoms with Crippen molar-refractivity contribution in [2.75, 3.05) is 0 Å². The number of H-pyrrole nitrogens is 1. The molecule has 0 saturated heterocycles. The summed E-state index contributed by atoms with van der Waals surface area (Å²) in [7, 11) is 0. The number of aryl methyl sites for hydroxylation is 2. The lowest BCUT2D eigenvalue weighted by Crippen LogP contribution is -1.96. The van der Waals surface area contributed by atoms with Gasteiger partial charge in [0.2, 0.25) is 0 Å². The second-order valence-electron chi connectivity index (χ2n) is 7.09. The van der Waals surface area contributed by atoms with E-state index < -0.39 is 0 Å². The van der Waals surface area contributed by atoms with Crippen LogP contribution in [0.15, 0.2) is 66.9 Å². The maximum Gasteiger partial charge on any atom is 0.173 e. The van der Waals surface area contributed by atoms with E-state index in [2.05, 4.69) is 16.3 Å². The Hall–Kier alpha value is -3.44. The molecular weight excluding hydrogens is 400 g/mol. The Morgan fingerprint density at radius 2 is 1.73 bits per heavy atom. The van der Waals surface area contributed by atoms with Gasteiger partial charge in [0.1, 0.15) is 29.5 Å². The van der Waals surface area contributed by atoms with Gasteiger partial charge in [-0.15, -0.1) is 0 Å². The Bertz CT molecular complexity index is 1170. The van der Waals surface area contributed by atoms with Crippen LogP contribution in [0.2, 0.25) is 5.02 Å². The number of aromatic hydroxyl groups is 1. The van der Waals surface area contributed by atoms with Crippen LogP contribution >= 0.6 is 11.6 Å². The third-order valence-corrected chi connectivity index (χ3v) is 4.99. The van der Waals surface area contributed by atoms with Crippen LogP contribution in [0.1, 0.15) is 16.7 Å². The summed E-state index contributed by atoms with van der Waals surface area (Å²) >= 11 is 6.16. The molecule has 0 aliphatic carbocycles. The Kier molecular flexibility index (Phi) is 5.63. The third-order valence-electron chi connectivity index (χ3n) is 4.62. The summed E-state index contributed by atoms with van der Waals surface area (Å²) in [6.07, 6.45) is 1.59. The molecule has 0 unspecified atom stereocenters. The number of hydrogen-bond donors (Lipinski definition) is 2. The van der Waals surface area contributed by atoms with E-state index in [1.165, 1.54) is 0 Å². The molecule has 30 heavy (non-hydrogen) atoms. The summed E-state index contributed by atoms with van der Waals surface area (Å²) in [5, 5.41) is 18.2. The second kappa shape index (κ2) is 8.51. The predicted octanol–water partition coefficient (Wildman–Crippen LogP) is 6.42. The van der Waals surface area contributed by atoms with E-state index in [4.69, 9.17) is 21.1 Å². The molecule has 3 aromatic carbocycles. The first-order chi connectivity index (χ1) is 14.5. The lowest BCUT2D eigenvalue weighted by atomic mass is 10.1. The molecule has 2 N–H and O–H groups in total. The van der Waals surface area contributed by atoms with Gasteiger partial charge in [0, 0.05) is 22.2 Å². The van der Waals surface area contributed by atoms with Crippen LogP contribution in [0.3, 0.4) is 0 Å². The number of ether oxygens (including phenoxy) is 2. The van der Waals surface area contributed by atoms with Crippen LogP contribution in [0.5, 0.6) is 23.0 Å². The number of phenolic OH excluding ortho intramolecular Hbond substituents is 1. The van der Waals surface area contributed by atoms with Crippen molar-refractivity contribution in [3.8, 4) is 34.3 Å². The minimum atomic E-state index is 0.0566. The van der Waals surface area contributed by atoms with Crippen LogP contribution in [0, 0.1) is 13.8 Å². The largest absolute Gasteiger partial charge is 0.507 e. The van der Waals surface area contributed by atoms with Gasteiger partial charge < -0.3 is 14.6 Å². The van der Waals surface area contributed by atoms with Crippen molar-refractivity contribution in [3.05, 3.63) is 88.6 Å². The molecule has 0 spiro atoms. The first-order valence-electron chi connectivity index (χ1n) is 9.49. The van der Waals surface area contributed by atoms with Gasteiger partial charge in [0.05, 0.1) is 6.20 Å². The first-order valence-corrected chi connectivity index (χ1v) is 9.86. The lowest BCUT2D eigenvalue weighted by molar-refractivity contribution is 0.304. The Balaban J connectivity index is 1.54. The van der Waals surface area contributed by atoms with Crippen molar-refractivity contribution in [1.29, 1.82) is 0 Å². The maximum absolute atomic E-state index is 10.6. The van der Waals surface area contributed by atoms with Gasteiger partial charge in [-0.2, -0.15) is 5.10 Å². The minimum Gasteiger partial charge on any atom is -0.507 e. The smallest absolute Gasteiger partial charge is 0.173 e. The highest BCUT2D eigenvalue weighted by Crippen LogP contribution is 2.38. The summed E-state index contributed by atoms with van der Waals surface area (Å²) in [6, 6.07) is 18.6. The zero-order valence-corrected chi connectivity index (χ0v) is 17.4. The van der Waals surface area contributed by atoms with Gasteiger partial charge in [0.15, 0.2) is 5.75 Å². The standard InChI is InChI=1S/C24H21ClN2O3/c1-15-9-16(2)11-19(10-15)30-23-13-26-27-24(23)20-8-7-18(12-22(20)28)29-14-17-5-3-4-6-21(17)25/h3-13,28H,14H2,1-2H3,(H,26,27). The zero-order valence-electron chi connectivity index (χ0n) is 16.6. The molecule has 0 radical (unpaired) electrons. The number of nitrogens with one attached hydrogen (secondary N) is 1.